The van der Waals surface area contributed by atoms with Gasteiger partial charge in [0.15, 0.2) is 0 Å². The highest BCUT2D eigenvalue weighted by Crippen LogP contribution is 2.25. The number of aromatic nitrogens is 1. The zero-order valence-corrected chi connectivity index (χ0v) is 10.3. The molecule has 1 aliphatic rings. The average molecular weight is 231 g/mol. The fourth-order valence-electron chi connectivity index (χ4n) is 2.00. The Bertz CT molecular complexity index is 423. The van der Waals surface area contributed by atoms with Gasteiger partial charge < -0.3 is 9.64 Å². The van der Waals surface area contributed by atoms with Crippen LogP contribution in [0.1, 0.15) is 26.0 Å². The highest BCUT2D eigenvalue weighted by molar-refractivity contribution is 5.46. The number of morpholine rings is 1. The number of hydrogen-bond acceptors (Lipinski definition) is 4. The molecule has 1 aliphatic heterocycles. The number of rotatable bonds is 2. The van der Waals surface area contributed by atoms with E-state index in [1.807, 2.05) is 12.1 Å². The summed E-state index contributed by atoms with van der Waals surface area (Å²) in [6.45, 7) is 6.77. The molecule has 1 aromatic rings. The lowest BCUT2D eigenvalue weighted by Crippen LogP contribution is -2.49. The number of pyridine rings is 1. The standard InChI is InChI=1S/C13H17N3O/c1-3-13(2)10-16(6-7-17-13)12-5-4-11(8-14)15-9-12/h4-5,9H,3,6-7,10H2,1-2H3. The van der Waals surface area contributed by atoms with Crippen LogP contribution in [0, 0.1) is 11.3 Å². The predicted octanol–water partition coefficient (Wildman–Crippen LogP) is 1.96. The van der Waals surface area contributed by atoms with Crippen LogP contribution in [0.2, 0.25) is 0 Å². The molecule has 0 aromatic carbocycles. The van der Waals surface area contributed by atoms with Crippen molar-refractivity contribution in [1.82, 2.24) is 4.98 Å². The van der Waals surface area contributed by atoms with Crippen LogP contribution in [0.4, 0.5) is 5.69 Å². The molecule has 2 rings (SSSR count). The summed E-state index contributed by atoms with van der Waals surface area (Å²) in [5.41, 5.74) is 1.44. The van der Waals surface area contributed by atoms with Crippen LogP contribution in [-0.4, -0.2) is 30.3 Å². The van der Waals surface area contributed by atoms with Crippen molar-refractivity contribution in [3.05, 3.63) is 24.0 Å². The average Bonchev–Trinajstić information content (AvgIpc) is 2.39. The van der Waals surface area contributed by atoms with E-state index < -0.39 is 0 Å². The van der Waals surface area contributed by atoms with E-state index in [2.05, 4.69) is 23.7 Å². The fraction of sp³-hybridized carbons (Fsp3) is 0.538. The Morgan fingerprint density at radius 3 is 3.00 bits per heavy atom. The normalized spacial score (nSPS) is 24.4. The second kappa shape index (κ2) is 4.72. The number of ether oxygens (including phenoxy) is 1. The minimum atomic E-state index is -0.0772. The van der Waals surface area contributed by atoms with Gasteiger partial charge in [-0.25, -0.2) is 4.98 Å². The maximum atomic E-state index is 8.71. The van der Waals surface area contributed by atoms with Crippen LogP contribution in [0.25, 0.3) is 0 Å². The predicted molar refractivity (Wildman–Crippen MR) is 65.8 cm³/mol. The maximum absolute atomic E-state index is 8.71. The SMILES string of the molecule is CCC1(C)CN(c2ccc(C#N)nc2)CCO1. The lowest BCUT2D eigenvalue weighted by Gasteiger charge is -2.41. The Kier molecular flexibility index (Phi) is 3.30. The summed E-state index contributed by atoms with van der Waals surface area (Å²) >= 11 is 0. The quantitative estimate of drug-likeness (QED) is 0.780. The molecule has 4 heteroatoms. The number of nitrogens with zero attached hydrogens (tertiary/aromatic N) is 3. The number of nitriles is 1. The number of hydrogen-bond donors (Lipinski definition) is 0. The third-order valence-corrected chi connectivity index (χ3v) is 3.31. The molecule has 1 unspecified atom stereocenters. The van der Waals surface area contributed by atoms with E-state index in [1.165, 1.54) is 0 Å². The molecule has 0 saturated carbocycles. The first-order chi connectivity index (χ1) is 8.17. The Morgan fingerprint density at radius 2 is 2.41 bits per heavy atom. The van der Waals surface area contributed by atoms with E-state index in [9.17, 15) is 0 Å². The zero-order valence-electron chi connectivity index (χ0n) is 10.3. The summed E-state index contributed by atoms with van der Waals surface area (Å²) in [5.74, 6) is 0. The molecule has 0 bridgehead atoms. The van der Waals surface area contributed by atoms with E-state index in [-0.39, 0.29) is 5.60 Å². The molecule has 1 fully saturated rings. The minimum absolute atomic E-state index is 0.0772. The van der Waals surface area contributed by atoms with Crippen molar-refractivity contribution < 1.29 is 4.74 Å². The Morgan fingerprint density at radius 1 is 1.59 bits per heavy atom. The Labute approximate surface area is 102 Å². The van der Waals surface area contributed by atoms with Crippen molar-refractivity contribution >= 4 is 5.69 Å². The van der Waals surface area contributed by atoms with Gasteiger partial charge in [-0.3, -0.25) is 0 Å². The van der Waals surface area contributed by atoms with Crippen molar-refractivity contribution in [3.8, 4) is 6.07 Å². The van der Waals surface area contributed by atoms with Crippen LogP contribution in [0.5, 0.6) is 0 Å². The van der Waals surface area contributed by atoms with Crippen molar-refractivity contribution in [2.24, 2.45) is 0 Å². The smallest absolute Gasteiger partial charge is 0.140 e. The van der Waals surface area contributed by atoms with Gasteiger partial charge >= 0.3 is 0 Å². The summed E-state index contributed by atoms with van der Waals surface area (Å²) in [4.78, 5) is 6.37. The first kappa shape index (κ1) is 11.9. The lowest BCUT2D eigenvalue weighted by atomic mass is 10.0. The van der Waals surface area contributed by atoms with E-state index in [1.54, 1.807) is 12.3 Å². The van der Waals surface area contributed by atoms with Gasteiger partial charge in [-0.2, -0.15) is 5.26 Å². The zero-order chi connectivity index (χ0) is 12.3. The molecule has 1 atom stereocenters. The van der Waals surface area contributed by atoms with Gasteiger partial charge in [0.1, 0.15) is 11.8 Å². The first-order valence-corrected chi connectivity index (χ1v) is 5.92. The van der Waals surface area contributed by atoms with Gasteiger partial charge in [-0.15, -0.1) is 0 Å². The van der Waals surface area contributed by atoms with E-state index in [0.29, 0.717) is 5.69 Å². The molecule has 0 amide bonds. The summed E-state index contributed by atoms with van der Waals surface area (Å²) in [5, 5.41) is 8.71. The molecule has 4 nitrogen and oxygen atoms in total. The minimum Gasteiger partial charge on any atom is -0.372 e. The van der Waals surface area contributed by atoms with Crippen LogP contribution in [-0.2, 0) is 4.74 Å². The van der Waals surface area contributed by atoms with Gasteiger partial charge in [0, 0.05) is 13.1 Å². The van der Waals surface area contributed by atoms with Gasteiger partial charge in [0.05, 0.1) is 24.1 Å². The second-order valence-electron chi connectivity index (χ2n) is 4.59. The highest BCUT2D eigenvalue weighted by atomic mass is 16.5. The van der Waals surface area contributed by atoms with Gasteiger partial charge in [-0.05, 0) is 25.5 Å². The van der Waals surface area contributed by atoms with Crippen LogP contribution in [0.3, 0.4) is 0 Å². The lowest BCUT2D eigenvalue weighted by molar-refractivity contribution is -0.0441. The molecule has 0 radical (unpaired) electrons. The van der Waals surface area contributed by atoms with Crippen LogP contribution >= 0.6 is 0 Å². The monoisotopic (exact) mass is 231 g/mol. The number of anilines is 1. The molecule has 0 aliphatic carbocycles. The second-order valence-corrected chi connectivity index (χ2v) is 4.59. The van der Waals surface area contributed by atoms with E-state index in [4.69, 9.17) is 10.00 Å². The molecule has 1 aromatic heterocycles. The van der Waals surface area contributed by atoms with Crippen LogP contribution in [0.15, 0.2) is 18.3 Å². The molecule has 0 N–H and O–H groups in total. The Hall–Kier alpha value is -1.60. The maximum Gasteiger partial charge on any atom is 0.140 e. The van der Waals surface area contributed by atoms with Gasteiger partial charge in [-0.1, -0.05) is 6.92 Å². The summed E-state index contributed by atoms with van der Waals surface area (Å²) in [7, 11) is 0. The fourth-order valence-corrected chi connectivity index (χ4v) is 2.00. The Balaban J connectivity index is 2.14. The third kappa shape index (κ3) is 2.56. The van der Waals surface area contributed by atoms with Gasteiger partial charge in [0.2, 0.25) is 0 Å². The molecule has 17 heavy (non-hydrogen) atoms. The molecule has 0 spiro atoms. The summed E-state index contributed by atoms with van der Waals surface area (Å²) in [6, 6.07) is 5.74. The van der Waals surface area contributed by atoms with Crippen molar-refractivity contribution in [2.45, 2.75) is 25.9 Å². The first-order valence-electron chi connectivity index (χ1n) is 5.92. The molecule has 90 valence electrons. The molecule has 2 heterocycles. The third-order valence-electron chi connectivity index (χ3n) is 3.31. The van der Waals surface area contributed by atoms with Crippen LogP contribution < -0.4 is 4.90 Å². The van der Waals surface area contributed by atoms with Crippen molar-refractivity contribution in [3.63, 3.8) is 0 Å². The largest absolute Gasteiger partial charge is 0.372 e. The van der Waals surface area contributed by atoms with E-state index in [0.717, 1.165) is 31.8 Å². The molecule has 1 saturated heterocycles. The van der Waals surface area contributed by atoms with Gasteiger partial charge in [0.25, 0.3) is 0 Å². The summed E-state index contributed by atoms with van der Waals surface area (Å²) < 4.78 is 5.80. The molecular formula is C13H17N3O. The van der Waals surface area contributed by atoms with Crippen molar-refractivity contribution in [2.75, 3.05) is 24.6 Å². The summed E-state index contributed by atoms with van der Waals surface area (Å²) in [6.07, 6.45) is 2.76. The van der Waals surface area contributed by atoms with Crippen molar-refractivity contribution in [1.29, 1.82) is 5.26 Å². The van der Waals surface area contributed by atoms with E-state index >= 15 is 0 Å². The highest BCUT2D eigenvalue weighted by Gasteiger charge is 2.30. The topological polar surface area (TPSA) is 49.2 Å². The molecular weight excluding hydrogens is 214 g/mol.